The van der Waals surface area contributed by atoms with E-state index in [1.807, 2.05) is 0 Å². The molecule has 0 aliphatic carbocycles. The van der Waals surface area contributed by atoms with Crippen molar-refractivity contribution in [2.24, 2.45) is 4.99 Å². The number of non-ortho nitro benzene ring substituents is 2. The number of aliphatic imine (C=N–C) groups is 1. The molecule has 0 bridgehead atoms. The normalized spacial score (nSPS) is 11.1. The maximum atomic E-state index is 12.3. The summed E-state index contributed by atoms with van der Waals surface area (Å²) in [6, 6.07) is 9.75. The van der Waals surface area contributed by atoms with Crippen LogP contribution in [-0.4, -0.2) is 27.2 Å². The molecule has 0 aromatic heterocycles. The van der Waals surface area contributed by atoms with Gasteiger partial charge in [0, 0.05) is 16.6 Å². The Morgan fingerprint density at radius 2 is 1.62 bits per heavy atom. The zero-order valence-electron chi connectivity index (χ0n) is 13.2. The first-order valence-corrected chi connectivity index (χ1v) is 8.95. The largest absolute Gasteiger partial charge is 0.301 e. The van der Waals surface area contributed by atoms with Crippen LogP contribution in [-0.2, 0) is 0 Å². The molecule has 1 amide bonds. The van der Waals surface area contributed by atoms with Gasteiger partial charge in [-0.2, -0.15) is 0 Å². The van der Waals surface area contributed by atoms with Crippen molar-refractivity contribution in [3.63, 3.8) is 0 Å². The van der Waals surface area contributed by atoms with Gasteiger partial charge in [-0.15, -0.1) is 0 Å². The van der Waals surface area contributed by atoms with Gasteiger partial charge in [-0.25, -0.2) is 4.99 Å². The van der Waals surface area contributed by atoms with Crippen molar-refractivity contribution in [3.05, 3.63) is 72.7 Å². The number of carbonyl (C=O) groups is 1. The number of carbonyl (C=O) groups excluding carboxylic acids is 1. The number of hydrogen-bond acceptors (Lipinski definition) is 7. The Labute approximate surface area is 159 Å². The van der Waals surface area contributed by atoms with E-state index in [9.17, 15) is 25.0 Å². The Morgan fingerprint density at radius 1 is 1.08 bits per heavy atom. The lowest BCUT2D eigenvalue weighted by Crippen LogP contribution is -2.28. The third kappa shape index (κ3) is 5.10. The molecule has 2 aromatic rings. The molecule has 0 atom stereocenters. The van der Waals surface area contributed by atoms with Crippen molar-refractivity contribution < 1.29 is 14.6 Å². The maximum absolute atomic E-state index is 12.3. The van der Waals surface area contributed by atoms with Crippen LogP contribution in [0.1, 0.15) is 10.4 Å². The molecule has 11 heteroatoms. The van der Waals surface area contributed by atoms with Crippen LogP contribution in [0.3, 0.4) is 0 Å². The minimum absolute atomic E-state index is 0.205. The quantitative estimate of drug-likeness (QED) is 0.331. The summed E-state index contributed by atoms with van der Waals surface area (Å²) in [6.45, 7) is 0. The van der Waals surface area contributed by atoms with E-state index in [1.165, 1.54) is 0 Å². The van der Waals surface area contributed by atoms with Crippen LogP contribution in [0.2, 0.25) is 0 Å². The highest BCUT2D eigenvalue weighted by atomic mass is 79.9. The molecule has 0 saturated carbocycles. The molecule has 9 nitrogen and oxygen atoms in total. The summed E-state index contributed by atoms with van der Waals surface area (Å²) in [5.41, 5.74) is -0.703. The first-order chi connectivity index (χ1) is 12.3. The average molecular weight is 439 g/mol. The average Bonchev–Trinajstić information content (AvgIpc) is 2.62. The van der Waals surface area contributed by atoms with Gasteiger partial charge in [0.05, 0.1) is 27.2 Å². The summed E-state index contributed by atoms with van der Waals surface area (Å²) < 4.78 is 0.870. The number of benzene rings is 2. The standard InChI is InChI=1S/C15H11BrN4O5S/c1-26-15(17-11-4-2-10(16)3-5-11)18-14(21)9-6-12(19(22)23)8-13(7-9)20(24)25/h2-8H,1H3,(H,17,18,21). The summed E-state index contributed by atoms with van der Waals surface area (Å²) in [5, 5.41) is 24.6. The van der Waals surface area contributed by atoms with Gasteiger partial charge in [0.1, 0.15) is 0 Å². The molecular formula is C15H11BrN4O5S. The Balaban J connectivity index is 2.31. The van der Waals surface area contributed by atoms with Gasteiger partial charge < -0.3 is 5.32 Å². The number of halogens is 1. The smallest absolute Gasteiger partial charge is 0.277 e. The molecule has 0 saturated heterocycles. The Morgan fingerprint density at radius 3 is 2.08 bits per heavy atom. The van der Waals surface area contributed by atoms with Crippen molar-refractivity contribution >= 4 is 55.8 Å². The van der Waals surface area contributed by atoms with Gasteiger partial charge in [-0.1, -0.05) is 27.7 Å². The second-order valence-electron chi connectivity index (χ2n) is 4.80. The number of thioether (sulfide) groups is 1. The number of hydrogen-bond donors (Lipinski definition) is 1. The number of nitrogens with zero attached hydrogens (tertiary/aromatic N) is 3. The van der Waals surface area contributed by atoms with E-state index in [1.54, 1.807) is 30.5 Å². The lowest BCUT2D eigenvalue weighted by atomic mass is 10.1. The Kier molecular flexibility index (Phi) is 6.41. The van der Waals surface area contributed by atoms with Gasteiger partial charge in [-0.05, 0) is 30.5 Å². The molecule has 134 valence electrons. The molecular weight excluding hydrogens is 428 g/mol. The molecule has 0 aliphatic heterocycles. The van der Waals surface area contributed by atoms with Gasteiger partial charge in [0.2, 0.25) is 0 Å². The van der Waals surface area contributed by atoms with E-state index in [-0.39, 0.29) is 10.7 Å². The summed E-state index contributed by atoms with van der Waals surface area (Å²) >= 11 is 4.45. The van der Waals surface area contributed by atoms with Crippen molar-refractivity contribution in [3.8, 4) is 0 Å². The van der Waals surface area contributed by atoms with E-state index < -0.39 is 27.1 Å². The predicted molar refractivity (Wildman–Crippen MR) is 102 cm³/mol. The van der Waals surface area contributed by atoms with Gasteiger partial charge in [-0.3, -0.25) is 25.0 Å². The van der Waals surface area contributed by atoms with E-state index >= 15 is 0 Å². The van der Waals surface area contributed by atoms with E-state index in [0.29, 0.717) is 5.69 Å². The van der Waals surface area contributed by atoms with Crippen LogP contribution in [0, 0.1) is 20.2 Å². The molecule has 0 radical (unpaired) electrons. The van der Waals surface area contributed by atoms with Crippen molar-refractivity contribution in [2.45, 2.75) is 0 Å². The number of nitrogens with one attached hydrogen (secondary N) is 1. The molecule has 2 aromatic carbocycles. The second-order valence-corrected chi connectivity index (χ2v) is 6.51. The lowest BCUT2D eigenvalue weighted by Gasteiger charge is -2.07. The third-order valence-electron chi connectivity index (χ3n) is 3.06. The number of amides is 1. The SMILES string of the molecule is CSC(=Nc1ccc(Br)cc1)NC(=O)c1cc([N+](=O)[O-])cc([N+](=O)[O-])c1. The first kappa shape index (κ1) is 19.5. The highest BCUT2D eigenvalue weighted by Gasteiger charge is 2.20. The molecule has 2 rings (SSSR count). The summed E-state index contributed by atoms with van der Waals surface area (Å²) in [7, 11) is 0. The summed E-state index contributed by atoms with van der Waals surface area (Å²) in [4.78, 5) is 36.8. The molecule has 26 heavy (non-hydrogen) atoms. The summed E-state index contributed by atoms with van der Waals surface area (Å²) in [6.07, 6.45) is 1.69. The molecule has 0 aliphatic rings. The number of nitro benzene ring substituents is 2. The molecule has 1 N–H and O–H groups in total. The van der Waals surface area contributed by atoms with Crippen LogP contribution in [0.5, 0.6) is 0 Å². The molecule has 0 unspecified atom stereocenters. The number of nitro groups is 2. The molecule has 0 fully saturated rings. The van der Waals surface area contributed by atoms with Crippen molar-refractivity contribution in [1.82, 2.24) is 5.32 Å². The second kappa shape index (κ2) is 8.54. The Hall–Kier alpha value is -2.79. The fourth-order valence-corrected chi connectivity index (χ4v) is 2.52. The van der Waals surface area contributed by atoms with E-state index in [4.69, 9.17) is 0 Å². The Bertz CT molecular complexity index is 869. The van der Waals surface area contributed by atoms with E-state index in [2.05, 4.69) is 26.2 Å². The van der Waals surface area contributed by atoms with Crippen LogP contribution in [0.25, 0.3) is 0 Å². The fourth-order valence-electron chi connectivity index (χ4n) is 1.86. The van der Waals surface area contributed by atoms with Gasteiger partial charge in [0.25, 0.3) is 17.3 Å². The van der Waals surface area contributed by atoms with Crippen LogP contribution < -0.4 is 5.32 Å². The lowest BCUT2D eigenvalue weighted by molar-refractivity contribution is -0.394. The molecule has 0 heterocycles. The maximum Gasteiger partial charge on any atom is 0.277 e. The van der Waals surface area contributed by atoms with Crippen LogP contribution in [0.15, 0.2) is 51.9 Å². The topological polar surface area (TPSA) is 128 Å². The minimum atomic E-state index is -0.796. The van der Waals surface area contributed by atoms with Gasteiger partial charge >= 0.3 is 0 Å². The highest BCUT2D eigenvalue weighted by molar-refractivity contribution is 9.10. The summed E-state index contributed by atoms with van der Waals surface area (Å²) in [5.74, 6) is -0.734. The zero-order chi connectivity index (χ0) is 19.3. The van der Waals surface area contributed by atoms with Gasteiger partial charge in [0.15, 0.2) is 5.17 Å². The monoisotopic (exact) mass is 438 g/mol. The van der Waals surface area contributed by atoms with Crippen molar-refractivity contribution in [2.75, 3.05) is 6.26 Å². The minimum Gasteiger partial charge on any atom is -0.301 e. The first-order valence-electron chi connectivity index (χ1n) is 6.93. The third-order valence-corrected chi connectivity index (χ3v) is 4.17. The number of rotatable bonds is 4. The fraction of sp³-hybridized carbons (Fsp3) is 0.0667. The highest BCUT2D eigenvalue weighted by Crippen LogP contribution is 2.23. The van der Waals surface area contributed by atoms with E-state index in [0.717, 1.165) is 34.4 Å². The van der Waals surface area contributed by atoms with Crippen LogP contribution in [0.4, 0.5) is 17.1 Å². The molecule has 0 spiro atoms. The predicted octanol–water partition coefficient (Wildman–Crippen LogP) is 4.05. The van der Waals surface area contributed by atoms with Crippen molar-refractivity contribution in [1.29, 1.82) is 0 Å². The number of amidine groups is 1. The van der Waals surface area contributed by atoms with Crippen LogP contribution >= 0.6 is 27.7 Å². The zero-order valence-corrected chi connectivity index (χ0v) is 15.6.